The second kappa shape index (κ2) is 11.0. The Hall–Kier alpha value is -0.880. The van der Waals surface area contributed by atoms with Gasteiger partial charge in [0.25, 0.3) is 0 Å². The molecule has 2 rings (SSSR count). The molecule has 0 aromatic heterocycles. The number of carbonyl (C=O) groups excluding carboxylic acids is 1. The highest BCUT2D eigenvalue weighted by Gasteiger charge is 2.07. The summed E-state index contributed by atoms with van der Waals surface area (Å²) >= 11 is 15.0. The summed E-state index contributed by atoms with van der Waals surface area (Å²) in [6.45, 7) is 0.557. The second-order valence-electron chi connectivity index (χ2n) is 5.16. The number of amides is 1. The van der Waals surface area contributed by atoms with Crippen LogP contribution in [0.25, 0.3) is 0 Å². The molecule has 1 N–H and O–H groups in total. The number of halogens is 3. The highest BCUT2D eigenvalue weighted by molar-refractivity contribution is 7.99. The van der Waals surface area contributed by atoms with E-state index in [1.807, 2.05) is 24.3 Å². The van der Waals surface area contributed by atoms with E-state index in [-0.39, 0.29) is 11.7 Å². The number of benzene rings is 2. The standard InChI is InChI=1S/C18H18Cl2FNOS2/c19-13-4-6-14(7-5-13)25-10-8-18(23)22-9-11-24-12-15-16(20)2-1-3-17(15)21/h1-7H,8-12H2,(H,22,23). The lowest BCUT2D eigenvalue weighted by atomic mass is 10.2. The van der Waals surface area contributed by atoms with Gasteiger partial charge in [-0.1, -0.05) is 29.3 Å². The summed E-state index contributed by atoms with van der Waals surface area (Å²) < 4.78 is 13.6. The Labute approximate surface area is 165 Å². The Bertz CT molecular complexity index is 678. The molecule has 0 fully saturated rings. The molecular weight excluding hydrogens is 400 g/mol. The first-order valence-corrected chi connectivity index (χ1v) is 10.6. The molecule has 0 aliphatic rings. The number of carbonyl (C=O) groups is 1. The SMILES string of the molecule is O=C(CCSc1ccc(Cl)cc1)NCCSCc1c(F)cccc1Cl. The third kappa shape index (κ3) is 7.48. The summed E-state index contributed by atoms with van der Waals surface area (Å²) in [5.41, 5.74) is 0.514. The second-order valence-corrected chi connectivity index (χ2v) is 8.27. The van der Waals surface area contributed by atoms with Gasteiger partial charge in [0.05, 0.1) is 0 Å². The Balaban J connectivity index is 1.57. The molecule has 0 saturated heterocycles. The van der Waals surface area contributed by atoms with E-state index in [0.29, 0.717) is 45.8 Å². The number of thioether (sulfide) groups is 2. The van der Waals surface area contributed by atoms with Gasteiger partial charge >= 0.3 is 0 Å². The lowest BCUT2D eigenvalue weighted by Crippen LogP contribution is -2.25. The Morgan fingerprint density at radius 2 is 1.84 bits per heavy atom. The molecule has 0 atom stereocenters. The number of hydrogen-bond donors (Lipinski definition) is 1. The van der Waals surface area contributed by atoms with Gasteiger partial charge < -0.3 is 5.32 Å². The molecule has 2 aromatic rings. The van der Waals surface area contributed by atoms with Gasteiger partial charge in [-0.05, 0) is 36.4 Å². The fourth-order valence-electron chi connectivity index (χ4n) is 1.99. The van der Waals surface area contributed by atoms with Gasteiger partial charge in [-0.15, -0.1) is 11.8 Å². The monoisotopic (exact) mass is 417 g/mol. The van der Waals surface area contributed by atoms with Crippen LogP contribution in [-0.2, 0) is 10.5 Å². The van der Waals surface area contributed by atoms with Crippen molar-refractivity contribution in [1.82, 2.24) is 5.32 Å². The van der Waals surface area contributed by atoms with Crippen molar-refractivity contribution in [3.05, 3.63) is 63.9 Å². The van der Waals surface area contributed by atoms with E-state index in [2.05, 4.69) is 5.32 Å². The van der Waals surface area contributed by atoms with Crippen LogP contribution in [0.4, 0.5) is 4.39 Å². The molecule has 0 bridgehead atoms. The molecule has 0 aliphatic heterocycles. The van der Waals surface area contributed by atoms with Crippen molar-refractivity contribution >= 4 is 52.6 Å². The average molecular weight is 418 g/mol. The highest BCUT2D eigenvalue weighted by atomic mass is 35.5. The predicted molar refractivity (Wildman–Crippen MR) is 107 cm³/mol. The van der Waals surface area contributed by atoms with Gasteiger partial charge in [-0.2, -0.15) is 11.8 Å². The molecule has 25 heavy (non-hydrogen) atoms. The minimum atomic E-state index is -0.289. The summed E-state index contributed by atoms with van der Waals surface area (Å²) in [5.74, 6) is 1.65. The highest BCUT2D eigenvalue weighted by Crippen LogP contribution is 2.23. The fourth-order valence-corrected chi connectivity index (χ4v) is 4.16. The molecule has 0 aliphatic carbocycles. The van der Waals surface area contributed by atoms with Crippen LogP contribution in [0.5, 0.6) is 0 Å². The van der Waals surface area contributed by atoms with E-state index >= 15 is 0 Å². The average Bonchev–Trinajstić information content (AvgIpc) is 2.58. The molecule has 0 unspecified atom stereocenters. The Morgan fingerprint density at radius 3 is 2.56 bits per heavy atom. The first-order chi connectivity index (χ1) is 12.1. The van der Waals surface area contributed by atoms with Crippen LogP contribution in [0.15, 0.2) is 47.4 Å². The number of hydrogen-bond acceptors (Lipinski definition) is 3. The fraction of sp³-hybridized carbons (Fsp3) is 0.278. The molecule has 134 valence electrons. The van der Waals surface area contributed by atoms with E-state index < -0.39 is 0 Å². The van der Waals surface area contributed by atoms with E-state index in [9.17, 15) is 9.18 Å². The van der Waals surface area contributed by atoms with Gasteiger partial charge in [-0.3, -0.25) is 4.79 Å². The lowest BCUT2D eigenvalue weighted by Gasteiger charge is -2.07. The van der Waals surface area contributed by atoms with Crippen molar-refractivity contribution in [3.8, 4) is 0 Å². The molecule has 7 heteroatoms. The van der Waals surface area contributed by atoms with Gasteiger partial charge in [-0.25, -0.2) is 4.39 Å². The van der Waals surface area contributed by atoms with Gasteiger partial charge in [0.1, 0.15) is 5.82 Å². The first-order valence-electron chi connectivity index (χ1n) is 7.72. The quantitative estimate of drug-likeness (QED) is 0.421. The third-order valence-electron chi connectivity index (χ3n) is 3.29. The minimum absolute atomic E-state index is 0.0194. The van der Waals surface area contributed by atoms with Crippen LogP contribution in [0.3, 0.4) is 0 Å². The van der Waals surface area contributed by atoms with Crippen LogP contribution < -0.4 is 5.32 Å². The summed E-state index contributed by atoms with van der Waals surface area (Å²) in [5, 5.41) is 4.02. The van der Waals surface area contributed by atoms with Crippen LogP contribution in [0.2, 0.25) is 10.0 Å². The predicted octanol–water partition coefficient (Wildman–Crippen LogP) is 5.66. The van der Waals surface area contributed by atoms with Crippen LogP contribution in [0, 0.1) is 5.82 Å². The maximum Gasteiger partial charge on any atom is 0.220 e. The van der Waals surface area contributed by atoms with Gasteiger partial charge in [0.2, 0.25) is 5.91 Å². The zero-order valence-electron chi connectivity index (χ0n) is 13.4. The first kappa shape index (κ1) is 20.4. The van der Waals surface area contributed by atoms with Gasteiger partial charge in [0, 0.05) is 50.7 Å². The van der Waals surface area contributed by atoms with Gasteiger partial charge in [0.15, 0.2) is 0 Å². The molecule has 1 amide bonds. The van der Waals surface area contributed by atoms with Crippen LogP contribution >= 0.6 is 46.7 Å². The summed E-state index contributed by atoms with van der Waals surface area (Å²) in [6.07, 6.45) is 0.455. The van der Waals surface area contributed by atoms with Crippen molar-refractivity contribution in [2.75, 3.05) is 18.1 Å². The van der Waals surface area contributed by atoms with Crippen LogP contribution in [-0.4, -0.2) is 24.0 Å². The molecule has 2 nitrogen and oxygen atoms in total. The molecule has 0 radical (unpaired) electrons. The maximum atomic E-state index is 13.6. The van der Waals surface area contributed by atoms with E-state index in [4.69, 9.17) is 23.2 Å². The zero-order chi connectivity index (χ0) is 18.1. The largest absolute Gasteiger partial charge is 0.355 e. The summed E-state index contributed by atoms with van der Waals surface area (Å²) in [4.78, 5) is 12.9. The Kier molecular flexibility index (Phi) is 8.96. The smallest absolute Gasteiger partial charge is 0.220 e. The van der Waals surface area contributed by atoms with E-state index in [1.54, 1.807) is 35.7 Å². The van der Waals surface area contributed by atoms with Crippen molar-refractivity contribution in [2.45, 2.75) is 17.1 Å². The zero-order valence-corrected chi connectivity index (χ0v) is 16.6. The maximum absolute atomic E-state index is 13.6. The molecular formula is C18H18Cl2FNOS2. The van der Waals surface area contributed by atoms with Crippen molar-refractivity contribution in [1.29, 1.82) is 0 Å². The van der Waals surface area contributed by atoms with E-state index in [1.165, 1.54) is 6.07 Å². The third-order valence-corrected chi connectivity index (χ3v) is 5.89. The molecule has 0 spiro atoms. The molecule has 2 aromatic carbocycles. The van der Waals surface area contributed by atoms with Crippen molar-refractivity contribution in [3.63, 3.8) is 0 Å². The van der Waals surface area contributed by atoms with Crippen molar-refractivity contribution in [2.24, 2.45) is 0 Å². The van der Waals surface area contributed by atoms with Crippen molar-refractivity contribution < 1.29 is 9.18 Å². The summed E-state index contributed by atoms with van der Waals surface area (Å²) in [7, 11) is 0. The molecule has 0 saturated carbocycles. The number of nitrogens with one attached hydrogen (secondary N) is 1. The number of rotatable bonds is 9. The van der Waals surface area contributed by atoms with Crippen LogP contribution in [0.1, 0.15) is 12.0 Å². The van der Waals surface area contributed by atoms with E-state index in [0.717, 1.165) is 4.90 Å². The topological polar surface area (TPSA) is 29.1 Å². The molecule has 0 heterocycles. The lowest BCUT2D eigenvalue weighted by molar-refractivity contribution is -0.120. The Morgan fingerprint density at radius 1 is 1.08 bits per heavy atom. The normalized spacial score (nSPS) is 10.7. The minimum Gasteiger partial charge on any atom is -0.355 e. The summed E-state index contributed by atoms with van der Waals surface area (Å²) in [6, 6.07) is 12.2.